The van der Waals surface area contributed by atoms with E-state index < -0.39 is 5.83 Å². The van der Waals surface area contributed by atoms with Crippen molar-refractivity contribution in [1.82, 2.24) is 0 Å². The number of halogens is 3. The van der Waals surface area contributed by atoms with Crippen molar-refractivity contribution in [3.8, 4) is 5.75 Å². The first kappa shape index (κ1) is 14.2. The van der Waals surface area contributed by atoms with E-state index in [4.69, 9.17) is 22.1 Å². The standard InChI is InChI=1S/C10H11ClFNO.ClH/c11-9-3-1-2-4-10(9)14-7-8(12)5-6-13;/h1-5H,6-7,13H2;1H. The Morgan fingerprint density at radius 1 is 1.47 bits per heavy atom. The van der Waals surface area contributed by atoms with Crippen molar-refractivity contribution in [3.05, 3.63) is 41.2 Å². The smallest absolute Gasteiger partial charge is 0.139 e. The summed E-state index contributed by atoms with van der Waals surface area (Å²) in [6.07, 6.45) is 1.26. The zero-order chi connectivity index (χ0) is 10.4. The average Bonchev–Trinajstić information content (AvgIpc) is 2.17. The van der Waals surface area contributed by atoms with Gasteiger partial charge >= 0.3 is 0 Å². The van der Waals surface area contributed by atoms with Crippen LogP contribution in [0.25, 0.3) is 0 Å². The molecule has 0 atom stereocenters. The summed E-state index contributed by atoms with van der Waals surface area (Å²) < 4.78 is 18.0. The Kier molecular flexibility index (Phi) is 7.13. The van der Waals surface area contributed by atoms with Gasteiger partial charge in [0, 0.05) is 6.54 Å². The van der Waals surface area contributed by atoms with Gasteiger partial charge in [-0.2, -0.15) is 0 Å². The highest BCUT2D eigenvalue weighted by Crippen LogP contribution is 2.23. The second-order valence-electron chi connectivity index (χ2n) is 2.61. The maximum atomic E-state index is 12.8. The van der Waals surface area contributed by atoms with E-state index in [-0.39, 0.29) is 25.6 Å². The lowest BCUT2D eigenvalue weighted by molar-refractivity contribution is 0.318. The largest absolute Gasteiger partial charge is 0.485 e. The first-order valence-corrected chi connectivity index (χ1v) is 4.53. The molecule has 0 saturated carbocycles. The van der Waals surface area contributed by atoms with Gasteiger partial charge in [0.25, 0.3) is 0 Å². The molecular formula is C10H12Cl2FNO. The van der Waals surface area contributed by atoms with Crippen molar-refractivity contribution in [3.63, 3.8) is 0 Å². The molecule has 0 amide bonds. The van der Waals surface area contributed by atoms with E-state index in [2.05, 4.69) is 0 Å². The van der Waals surface area contributed by atoms with Crippen molar-refractivity contribution in [2.24, 2.45) is 5.73 Å². The van der Waals surface area contributed by atoms with E-state index in [9.17, 15) is 4.39 Å². The van der Waals surface area contributed by atoms with Gasteiger partial charge in [-0.3, -0.25) is 0 Å². The van der Waals surface area contributed by atoms with Gasteiger partial charge in [0.15, 0.2) is 0 Å². The average molecular weight is 252 g/mol. The fourth-order valence-electron chi connectivity index (χ4n) is 0.895. The molecule has 15 heavy (non-hydrogen) atoms. The first-order valence-electron chi connectivity index (χ1n) is 4.16. The molecule has 0 spiro atoms. The number of hydrogen-bond donors (Lipinski definition) is 1. The summed E-state index contributed by atoms with van der Waals surface area (Å²) in [5.41, 5.74) is 5.13. The molecule has 0 aromatic heterocycles. The van der Waals surface area contributed by atoms with Crippen LogP contribution in [-0.2, 0) is 0 Å². The van der Waals surface area contributed by atoms with Gasteiger partial charge in [-0.25, -0.2) is 4.39 Å². The minimum absolute atomic E-state index is 0. The predicted molar refractivity (Wildman–Crippen MR) is 62.4 cm³/mol. The van der Waals surface area contributed by atoms with Crippen LogP contribution in [0.4, 0.5) is 4.39 Å². The quantitative estimate of drug-likeness (QED) is 0.894. The molecule has 0 aliphatic rings. The van der Waals surface area contributed by atoms with Gasteiger partial charge in [-0.1, -0.05) is 23.7 Å². The minimum Gasteiger partial charge on any atom is -0.485 e. The van der Waals surface area contributed by atoms with Crippen LogP contribution in [0.1, 0.15) is 0 Å². The monoisotopic (exact) mass is 251 g/mol. The van der Waals surface area contributed by atoms with Crippen molar-refractivity contribution in [1.29, 1.82) is 0 Å². The molecule has 1 aromatic carbocycles. The molecule has 0 saturated heterocycles. The number of para-hydroxylation sites is 1. The van der Waals surface area contributed by atoms with Crippen molar-refractivity contribution in [2.75, 3.05) is 13.2 Å². The van der Waals surface area contributed by atoms with E-state index in [0.717, 1.165) is 0 Å². The Bertz CT molecular complexity index is 331. The van der Waals surface area contributed by atoms with Gasteiger partial charge in [-0.05, 0) is 18.2 Å². The maximum Gasteiger partial charge on any atom is 0.139 e. The van der Waals surface area contributed by atoms with Gasteiger partial charge in [-0.15, -0.1) is 12.4 Å². The third-order valence-corrected chi connectivity index (χ3v) is 1.85. The Morgan fingerprint density at radius 3 is 2.73 bits per heavy atom. The zero-order valence-corrected chi connectivity index (χ0v) is 9.52. The van der Waals surface area contributed by atoms with Gasteiger partial charge in [0.05, 0.1) is 5.02 Å². The topological polar surface area (TPSA) is 35.2 Å². The summed E-state index contributed by atoms with van der Waals surface area (Å²) in [6, 6.07) is 6.91. The molecule has 0 aliphatic heterocycles. The molecule has 2 N–H and O–H groups in total. The van der Waals surface area contributed by atoms with E-state index >= 15 is 0 Å². The fraction of sp³-hybridized carbons (Fsp3) is 0.200. The third kappa shape index (κ3) is 5.02. The lowest BCUT2D eigenvalue weighted by Crippen LogP contribution is -2.01. The van der Waals surface area contributed by atoms with E-state index in [1.807, 2.05) is 0 Å². The van der Waals surface area contributed by atoms with Crippen LogP contribution in [0.5, 0.6) is 5.75 Å². The predicted octanol–water partition coefficient (Wildman–Crippen LogP) is 2.95. The highest BCUT2D eigenvalue weighted by atomic mass is 35.5. The Labute approximate surface area is 99.3 Å². The second kappa shape index (κ2) is 7.51. The second-order valence-corrected chi connectivity index (χ2v) is 3.01. The lowest BCUT2D eigenvalue weighted by atomic mass is 10.3. The number of ether oxygens (including phenoxy) is 1. The summed E-state index contributed by atoms with van der Waals surface area (Å²) in [5.74, 6) is 0.0714. The van der Waals surface area contributed by atoms with Crippen molar-refractivity contribution in [2.45, 2.75) is 0 Å². The van der Waals surface area contributed by atoms with Gasteiger partial charge in [0.2, 0.25) is 0 Å². The zero-order valence-electron chi connectivity index (χ0n) is 7.95. The molecule has 5 heteroatoms. The Balaban J connectivity index is 0.00000196. The molecule has 0 aliphatic carbocycles. The van der Waals surface area contributed by atoms with Gasteiger partial charge < -0.3 is 10.5 Å². The summed E-state index contributed by atoms with van der Waals surface area (Å²) in [7, 11) is 0. The fourth-order valence-corrected chi connectivity index (χ4v) is 1.09. The van der Waals surface area contributed by atoms with Crippen LogP contribution in [0.15, 0.2) is 36.2 Å². The van der Waals surface area contributed by atoms with Crippen LogP contribution < -0.4 is 10.5 Å². The molecule has 1 aromatic rings. The maximum absolute atomic E-state index is 12.8. The number of nitrogens with two attached hydrogens (primary N) is 1. The normalized spacial score (nSPS) is 10.7. The molecule has 1 rings (SSSR count). The highest BCUT2D eigenvalue weighted by Gasteiger charge is 2.00. The molecule has 84 valence electrons. The van der Waals surface area contributed by atoms with Crippen LogP contribution in [0, 0.1) is 0 Å². The SMILES string of the molecule is Cl.NCC=C(F)COc1ccccc1Cl. The van der Waals surface area contributed by atoms with Crippen molar-refractivity contribution < 1.29 is 9.13 Å². The molecule has 0 fully saturated rings. The molecule has 0 radical (unpaired) electrons. The van der Waals surface area contributed by atoms with Gasteiger partial charge in [0.1, 0.15) is 18.2 Å². The van der Waals surface area contributed by atoms with Crippen LogP contribution >= 0.6 is 24.0 Å². The molecule has 0 unspecified atom stereocenters. The number of hydrogen-bond acceptors (Lipinski definition) is 2. The third-order valence-electron chi connectivity index (χ3n) is 1.54. The number of benzene rings is 1. The molecule has 0 bridgehead atoms. The van der Waals surface area contributed by atoms with E-state index in [1.54, 1.807) is 24.3 Å². The summed E-state index contributed by atoms with van der Waals surface area (Å²) in [5, 5.41) is 0.466. The highest BCUT2D eigenvalue weighted by molar-refractivity contribution is 6.32. The summed E-state index contributed by atoms with van der Waals surface area (Å²) >= 11 is 5.79. The van der Waals surface area contributed by atoms with E-state index in [1.165, 1.54) is 6.08 Å². The Morgan fingerprint density at radius 2 is 2.13 bits per heavy atom. The van der Waals surface area contributed by atoms with Crippen LogP contribution in [0.3, 0.4) is 0 Å². The molecule has 2 nitrogen and oxygen atoms in total. The summed E-state index contributed by atoms with van der Waals surface area (Å²) in [6.45, 7) is 0.0264. The Hall–Kier alpha value is -0.770. The minimum atomic E-state index is -0.396. The first-order chi connectivity index (χ1) is 6.74. The lowest BCUT2D eigenvalue weighted by Gasteiger charge is -2.05. The summed E-state index contributed by atoms with van der Waals surface area (Å²) in [4.78, 5) is 0. The van der Waals surface area contributed by atoms with Crippen LogP contribution in [0.2, 0.25) is 5.02 Å². The van der Waals surface area contributed by atoms with E-state index in [0.29, 0.717) is 10.8 Å². The molecule has 0 heterocycles. The number of rotatable bonds is 4. The van der Waals surface area contributed by atoms with Crippen molar-refractivity contribution >= 4 is 24.0 Å². The van der Waals surface area contributed by atoms with Crippen LogP contribution in [-0.4, -0.2) is 13.2 Å². The molecular weight excluding hydrogens is 240 g/mol.